The minimum atomic E-state index is 0.949. The summed E-state index contributed by atoms with van der Waals surface area (Å²) in [6, 6.07) is 9.62. The monoisotopic (exact) mass is 160 g/mol. The van der Waals surface area contributed by atoms with Crippen LogP contribution in [0.15, 0.2) is 18.3 Å². The van der Waals surface area contributed by atoms with Crippen molar-refractivity contribution in [3.05, 3.63) is 36.0 Å². The van der Waals surface area contributed by atoms with Crippen LogP contribution in [0.3, 0.4) is 0 Å². The van der Waals surface area contributed by atoms with Gasteiger partial charge in [-0.15, -0.1) is 0 Å². The van der Waals surface area contributed by atoms with Crippen LogP contribution < -0.4 is 10.9 Å². The second kappa shape index (κ2) is 4.30. The van der Waals surface area contributed by atoms with Crippen molar-refractivity contribution in [1.82, 2.24) is 5.43 Å². The summed E-state index contributed by atoms with van der Waals surface area (Å²) in [6.07, 6.45) is 3.83. The summed E-state index contributed by atoms with van der Waals surface area (Å²) in [6.45, 7) is 4.00. The lowest BCUT2D eigenvalue weighted by molar-refractivity contribution is 1.05. The van der Waals surface area contributed by atoms with Gasteiger partial charge in [0.25, 0.3) is 0 Å². The Morgan fingerprint density at radius 2 is 2.17 bits per heavy atom. The van der Waals surface area contributed by atoms with Gasteiger partial charge >= 0.3 is 0 Å². The Labute approximate surface area is 73.3 Å². The van der Waals surface area contributed by atoms with Gasteiger partial charge in [-0.05, 0) is 24.3 Å². The molecule has 2 nitrogen and oxygen atoms in total. The van der Waals surface area contributed by atoms with Gasteiger partial charge in [-0.2, -0.15) is 0 Å². The van der Waals surface area contributed by atoms with Crippen molar-refractivity contribution in [2.75, 3.05) is 5.43 Å². The van der Waals surface area contributed by atoms with Crippen molar-refractivity contribution in [3.63, 3.8) is 0 Å². The summed E-state index contributed by atoms with van der Waals surface area (Å²) in [5.41, 5.74) is 7.88. The molecule has 1 aromatic rings. The summed E-state index contributed by atoms with van der Waals surface area (Å²) in [7, 11) is 0. The first-order chi connectivity index (χ1) is 5.97. The summed E-state index contributed by atoms with van der Waals surface area (Å²) >= 11 is 0. The quantitative estimate of drug-likeness (QED) is 0.608. The van der Waals surface area contributed by atoms with Gasteiger partial charge in [0.15, 0.2) is 0 Å². The van der Waals surface area contributed by atoms with Gasteiger partial charge in [0.1, 0.15) is 5.69 Å². The molecule has 12 heavy (non-hydrogen) atoms. The van der Waals surface area contributed by atoms with Crippen molar-refractivity contribution in [3.8, 4) is 0 Å². The molecule has 0 saturated heterocycles. The van der Waals surface area contributed by atoms with Crippen molar-refractivity contribution in [2.24, 2.45) is 0 Å². The van der Waals surface area contributed by atoms with E-state index < -0.39 is 0 Å². The molecule has 1 heterocycles. The van der Waals surface area contributed by atoms with E-state index in [1.807, 2.05) is 38.3 Å². The van der Waals surface area contributed by atoms with Gasteiger partial charge in [0, 0.05) is 11.8 Å². The topological polar surface area (TPSA) is 24.1 Å². The average molecular weight is 160 g/mol. The van der Waals surface area contributed by atoms with E-state index in [0.717, 1.165) is 11.3 Å². The number of fused-ring (bicyclic) bond motifs is 1. The molecular weight excluding hydrogens is 148 g/mol. The molecule has 0 spiro atoms. The Morgan fingerprint density at radius 3 is 2.92 bits per heavy atom. The molecule has 0 aliphatic carbocycles. The summed E-state index contributed by atoms with van der Waals surface area (Å²) in [4.78, 5) is 0. The number of rotatable bonds is 0. The minimum absolute atomic E-state index is 0.949. The normalized spacial score (nSPS) is 10.8. The van der Waals surface area contributed by atoms with E-state index >= 15 is 0 Å². The van der Waals surface area contributed by atoms with E-state index in [4.69, 9.17) is 0 Å². The fourth-order valence-electron chi connectivity index (χ4n) is 0.888. The summed E-state index contributed by atoms with van der Waals surface area (Å²) in [5.74, 6) is 0. The van der Waals surface area contributed by atoms with Gasteiger partial charge in [-0.3, -0.25) is 5.43 Å². The Kier molecular flexibility index (Phi) is 3.04. The van der Waals surface area contributed by atoms with Crippen LogP contribution in [0, 0.1) is 12.1 Å². The molecule has 0 fully saturated rings. The third-order valence-corrected chi connectivity index (χ3v) is 1.38. The predicted octanol–water partition coefficient (Wildman–Crippen LogP) is 2.21. The second-order valence-electron chi connectivity index (χ2n) is 2.04. The van der Waals surface area contributed by atoms with Crippen LogP contribution in [0.4, 0.5) is 5.69 Å². The smallest absolute Gasteiger partial charge is 0.112 e. The van der Waals surface area contributed by atoms with E-state index in [9.17, 15) is 0 Å². The van der Waals surface area contributed by atoms with Crippen LogP contribution in [0.2, 0.25) is 0 Å². The number of hydrogen-bond acceptors (Lipinski definition) is 2. The van der Waals surface area contributed by atoms with E-state index in [1.165, 1.54) is 0 Å². The van der Waals surface area contributed by atoms with E-state index in [1.54, 1.807) is 0 Å². The third kappa shape index (κ3) is 1.70. The van der Waals surface area contributed by atoms with E-state index in [2.05, 4.69) is 23.0 Å². The maximum Gasteiger partial charge on any atom is 0.112 e. The van der Waals surface area contributed by atoms with Crippen LogP contribution in [-0.4, -0.2) is 0 Å². The zero-order chi connectivity index (χ0) is 8.81. The van der Waals surface area contributed by atoms with Crippen LogP contribution in [0.5, 0.6) is 0 Å². The molecule has 2 heteroatoms. The van der Waals surface area contributed by atoms with Crippen molar-refractivity contribution in [2.45, 2.75) is 13.8 Å². The molecule has 0 amide bonds. The van der Waals surface area contributed by atoms with Crippen LogP contribution >= 0.6 is 0 Å². The first-order valence-corrected chi connectivity index (χ1v) is 4.07. The highest BCUT2D eigenvalue weighted by molar-refractivity contribution is 5.66. The van der Waals surface area contributed by atoms with Crippen LogP contribution in [0.1, 0.15) is 19.4 Å². The molecule has 0 bridgehead atoms. The number of nitrogens with one attached hydrogen (secondary N) is 2. The molecule has 1 aliphatic heterocycles. The Hall–Kier alpha value is -1.62. The van der Waals surface area contributed by atoms with Crippen molar-refractivity contribution < 1.29 is 0 Å². The lowest BCUT2D eigenvalue weighted by Gasteiger charge is -2.10. The molecule has 0 atom stereocenters. The predicted molar refractivity (Wildman–Crippen MR) is 51.3 cm³/mol. The van der Waals surface area contributed by atoms with E-state index in [0.29, 0.717) is 0 Å². The molecule has 1 aromatic carbocycles. The highest BCUT2D eigenvalue weighted by atomic mass is 15.3. The zero-order valence-corrected chi connectivity index (χ0v) is 7.31. The van der Waals surface area contributed by atoms with Crippen LogP contribution in [0.25, 0.3) is 6.08 Å². The van der Waals surface area contributed by atoms with Gasteiger partial charge in [0.2, 0.25) is 0 Å². The SMILES string of the molecule is CC.c1ccc2c(c#1)NNC=C2. The number of anilines is 1. The lowest BCUT2D eigenvalue weighted by atomic mass is 10.2. The molecule has 0 saturated carbocycles. The second-order valence-corrected chi connectivity index (χ2v) is 2.04. The largest absolute Gasteiger partial charge is 0.308 e. The third-order valence-electron chi connectivity index (χ3n) is 1.38. The highest BCUT2D eigenvalue weighted by Gasteiger charge is 1.98. The molecule has 62 valence electrons. The van der Waals surface area contributed by atoms with Gasteiger partial charge in [0.05, 0.1) is 0 Å². The summed E-state index contributed by atoms with van der Waals surface area (Å²) < 4.78 is 0. The molecule has 0 radical (unpaired) electrons. The molecular formula is C10H12N2. The first-order valence-electron chi connectivity index (χ1n) is 4.07. The molecule has 1 aliphatic rings. The summed E-state index contributed by atoms with van der Waals surface area (Å²) in [5, 5.41) is 0. The lowest BCUT2D eigenvalue weighted by Crippen LogP contribution is -2.17. The minimum Gasteiger partial charge on any atom is -0.308 e. The van der Waals surface area contributed by atoms with Gasteiger partial charge in [-0.1, -0.05) is 19.9 Å². The maximum absolute atomic E-state index is 2.94. The van der Waals surface area contributed by atoms with Crippen molar-refractivity contribution >= 4 is 11.8 Å². The zero-order valence-electron chi connectivity index (χ0n) is 7.31. The Morgan fingerprint density at radius 1 is 1.33 bits per heavy atom. The molecule has 0 aromatic heterocycles. The fourth-order valence-corrected chi connectivity index (χ4v) is 0.888. The van der Waals surface area contributed by atoms with Crippen LogP contribution in [-0.2, 0) is 0 Å². The number of hydrogen-bond donors (Lipinski definition) is 2. The Bertz CT molecular complexity index is 266. The molecule has 0 unspecified atom stereocenters. The van der Waals surface area contributed by atoms with Gasteiger partial charge < -0.3 is 5.43 Å². The molecule has 2 rings (SSSR count). The van der Waals surface area contributed by atoms with Crippen molar-refractivity contribution in [1.29, 1.82) is 0 Å². The molecule has 2 N–H and O–H groups in total. The average Bonchev–Trinajstić information content (AvgIpc) is 2.21. The fraction of sp³-hybridized carbons (Fsp3) is 0.200. The number of hydrazine groups is 1. The maximum atomic E-state index is 2.94. The highest BCUT2D eigenvalue weighted by Crippen LogP contribution is 2.14. The van der Waals surface area contributed by atoms with Gasteiger partial charge in [-0.25, -0.2) is 0 Å². The van der Waals surface area contributed by atoms with E-state index in [-0.39, 0.29) is 0 Å². The Balaban J connectivity index is 0.000000336. The standard InChI is InChI=1S/C8H6N2.C2H6/c1-2-4-8-7(3-1)5-6-9-10-8;1-2/h1,3,5-6,9-10H;1-2H3. The first kappa shape index (κ1) is 8.48.